The predicted molar refractivity (Wildman–Crippen MR) is 88.8 cm³/mol. The largest absolute Gasteiger partial charge is 0.368 e. The van der Waals surface area contributed by atoms with Gasteiger partial charge in [-0.3, -0.25) is 5.10 Å². The molecule has 0 atom stereocenters. The fourth-order valence-electron chi connectivity index (χ4n) is 2.91. The Hall–Kier alpha value is -1.60. The Morgan fingerprint density at radius 1 is 1.18 bits per heavy atom. The van der Waals surface area contributed by atoms with Crippen molar-refractivity contribution in [3.05, 3.63) is 23.9 Å². The minimum atomic E-state index is -3.10. The number of anilines is 1. The van der Waals surface area contributed by atoms with Crippen LogP contribution in [-0.2, 0) is 10.0 Å². The van der Waals surface area contributed by atoms with Crippen molar-refractivity contribution in [3.63, 3.8) is 0 Å². The fraction of sp³-hybridized carbons (Fsp3) is 0.533. The standard InChI is InChI=1S/C15H22N4O2S/c1-11(2)12-8-14-13(10-16-17-14)15(9-12)18-4-6-19(7-5-18)22(3,20)21/h8-11H,4-7H2,1-3H3,(H,16,17). The van der Waals surface area contributed by atoms with E-state index in [-0.39, 0.29) is 0 Å². The Labute approximate surface area is 131 Å². The number of nitrogens with one attached hydrogen (secondary N) is 1. The zero-order valence-electron chi connectivity index (χ0n) is 13.2. The van der Waals surface area contributed by atoms with Gasteiger partial charge in [-0.1, -0.05) is 13.8 Å². The Bertz CT molecular complexity index is 774. The van der Waals surface area contributed by atoms with Gasteiger partial charge in [0, 0.05) is 37.3 Å². The molecule has 1 aliphatic rings. The highest BCUT2D eigenvalue weighted by atomic mass is 32.2. The number of sulfonamides is 1. The van der Waals surface area contributed by atoms with Crippen LogP contribution in [0.25, 0.3) is 10.9 Å². The predicted octanol–water partition coefficient (Wildman–Crippen LogP) is 1.77. The van der Waals surface area contributed by atoms with Crippen LogP contribution < -0.4 is 4.90 Å². The first-order valence-corrected chi connectivity index (χ1v) is 9.38. The molecule has 0 amide bonds. The lowest BCUT2D eigenvalue weighted by Gasteiger charge is -2.35. The topological polar surface area (TPSA) is 69.3 Å². The van der Waals surface area contributed by atoms with Crippen LogP contribution in [0.2, 0.25) is 0 Å². The lowest BCUT2D eigenvalue weighted by Crippen LogP contribution is -2.48. The van der Waals surface area contributed by atoms with Gasteiger partial charge in [0.05, 0.1) is 18.0 Å². The van der Waals surface area contributed by atoms with Crippen LogP contribution in [0.1, 0.15) is 25.3 Å². The van der Waals surface area contributed by atoms with Crippen molar-refractivity contribution in [2.24, 2.45) is 0 Å². The molecular formula is C15H22N4O2S. The molecule has 0 spiro atoms. The molecule has 1 aromatic carbocycles. The third-order valence-electron chi connectivity index (χ3n) is 4.27. The van der Waals surface area contributed by atoms with Crippen molar-refractivity contribution in [3.8, 4) is 0 Å². The SMILES string of the molecule is CC(C)c1cc(N2CCN(S(C)(=O)=O)CC2)c2cn[nH]c2c1. The summed E-state index contributed by atoms with van der Waals surface area (Å²) >= 11 is 0. The van der Waals surface area contributed by atoms with E-state index in [0.29, 0.717) is 32.1 Å². The van der Waals surface area contributed by atoms with E-state index < -0.39 is 10.0 Å². The van der Waals surface area contributed by atoms with E-state index in [1.807, 2.05) is 6.20 Å². The molecule has 0 aliphatic carbocycles. The number of aromatic amines is 1. The molecule has 1 saturated heterocycles. The van der Waals surface area contributed by atoms with E-state index in [4.69, 9.17) is 0 Å². The summed E-state index contributed by atoms with van der Waals surface area (Å²) in [5.74, 6) is 0.434. The normalized spacial score (nSPS) is 17.5. The van der Waals surface area contributed by atoms with Gasteiger partial charge in [0.15, 0.2) is 0 Å². The van der Waals surface area contributed by atoms with Crippen LogP contribution in [0.5, 0.6) is 0 Å². The summed E-state index contributed by atoms with van der Waals surface area (Å²) in [6, 6.07) is 4.35. The van der Waals surface area contributed by atoms with Crippen LogP contribution in [0, 0.1) is 0 Å². The van der Waals surface area contributed by atoms with Crippen molar-refractivity contribution in [1.29, 1.82) is 0 Å². The number of rotatable bonds is 3. The fourth-order valence-corrected chi connectivity index (χ4v) is 3.74. The van der Waals surface area contributed by atoms with E-state index in [1.165, 1.54) is 11.8 Å². The van der Waals surface area contributed by atoms with Gasteiger partial charge in [0.1, 0.15) is 0 Å². The summed E-state index contributed by atoms with van der Waals surface area (Å²) in [5.41, 5.74) is 3.44. The maximum Gasteiger partial charge on any atom is 0.211 e. The van der Waals surface area contributed by atoms with Crippen LogP contribution in [0.15, 0.2) is 18.3 Å². The number of H-pyrrole nitrogens is 1. The summed E-state index contributed by atoms with van der Waals surface area (Å²) in [6.07, 6.45) is 3.12. The average Bonchev–Trinajstić information content (AvgIpc) is 2.93. The average molecular weight is 322 g/mol. The van der Waals surface area contributed by atoms with Crippen molar-refractivity contribution < 1.29 is 8.42 Å². The van der Waals surface area contributed by atoms with Gasteiger partial charge in [-0.05, 0) is 23.6 Å². The van der Waals surface area contributed by atoms with Crippen molar-refractivity contribution in [2.75, 3.05) is 37.3 Å². The minimum Gasteiger partial charge on any atom is -0.368 e. The number of benzene rings is 1. The lowest BCUT2D eigenvalue weighted by molar-refractivity contribution is 0.388. The second kappa shape index (κ2) is 5.55. The van der Waals surface area contributed by atoms with E-state index in [1.54, 1.807) is 4.31 Å². The van der Waals surface area contributed by atoms with Crippen molar-refractivity contribution >= 4 is 26.6 Å². The van der Waals surface area contributed by atoms with Crippen LogP contribution >= 0.6 is 0 Å². The molecule has 1 N–H and O–H groups in total. The molecule has 3 rings (SSSR count). The molecular weight excluding hydrogens is 300 g/mol. The summed E-state index contributed by atoms with van der Waals surface area (Å²) in [7, 11) is -3.10. The van der Waals surface area contributed by atoms with Gasteiger partial charge in [-0.25, -0.2) is 8.42 Å². The number of piperazine rings is 1. The van der Waals surface area contributed by atoms with Crippen LogP contribution in [0.4, 0.5) is 5.69 Å². The first-order valence-electron chi connectivity index (χ1n) is 7.53. The quantitative estimate of drug-likeness (QED) is 0.935. The third-order valence-corrected chi connectivity index (χ3v) is 5.58. The highest BCUT2D eigenvalue weighted by molar-refractivity contribution is 7.88. The Balaban J connectivity index is 1.92. The highest BCUT2D eigenvalue weighted by Crippen LogP contribution is 2.31. The van der Waals surface area contributed by atoms with Gasteiger partial charge >= 0.3 is 0 Å². The second-order valence-electron chi connectivity index (χ2n) is 6.18. The summed E-state index contributed by atoms with van der Waals surface area (Å²) < 4.78 is 24.8. The molecule has 1 aromatic heterocycles. The lowest BCUT2D eigenvalue weighted by atomic mass is 10.00. The number of nitrogens with zero attached hydrogens (tertiary/aromatic N) is 3. The number of hydrogen-bond acceptors (Lipinski definition) is 4. The summed E-state index contributed by atoms with van der Waals surface area (Å²) in [5, 5.41) is 8.29. The first-order chi connectivity index (χ1) is 10.4. The van der Waals surface area contributed by atoms with Gasteiger partial charge in [0.25, 0.3) is 0 Å². The molecule has 0 bridgehead atoms. The van der Waals surface area contributed by atoms with Crippen molar-refractivity contribution in [1.82, 2.24) is 14.5 Å². The molecule has 0 saturated carbocycles. The van der Waals surface area contributed by atoms with Crippen molar-refractivity contribution in [2.45, 2.75) is 19.8 Å². The zero-order valence-corrected chi connectivity index (χ0v) is 14.0. The van der Waals surface area contributed by atoms with E-state index in [9.17, 15) is 8.42 Å². The van der Waals surface area contributed by atoms with Gasteiger partial charge in [-0.2, -0.15) is 9.40 Å². The van der Waals surface area contributed by atoms with E-state index in [2.05, 4.69) is 41.1 Å². The number of hydrogen-bond donors (Lipinski definition) is 1. The Morgan fingerprint density at radius 2 is 1.86 bits per heavy atom. The molecule has 120 valence electrons. The molecule has 6 nitrogen and oxygen atoms in total. The van der Waals surface area contributed by atoms with E-state index in [0.717, 1.165) is 16.6 Å². The van der Waals surface area contributed by atoms with Gasteiger partial charge in [-0.15, -0.1) is 0 Å². The Morgan fingerprint density at radius 3 is 2.45 bits per heavy atom. The smallest absolute Gasteiger partial charge is 0.211 e. The summed E-state index contributed by atoms with van der Waals surface area (Å²) in [4.78, 5) is 2.26. The minimum absolute atomic E-state index is 0.434. The molecule has 22 heavy (non-hydrogen) atoms. The summed E-state index contributed by atoms with van der Waals surface area (Å²) in [6.45, 7) is 6.81. The van der Waals surface area contributed by atoms with E-state index >= 15 is 0 Å². The maximum absolute atomic E-state index is 11.6. The Kier molecular flexibility index (Phi) is 3.86. The number of aromatic nitrogens is 2. The monoisotopic (exact) mass is 322 g/mol. The third kappa shape index (κ3) is 2.83. The molecule has 7 heteroatoms. The van der Waals surface area contributed by atoms with Crippen LogP contribution in [-0.4, -0.2) is 55.4 Å². The number of fused-ring (bicyclic) bond motifs is 1. The molecule has 2 heterocycles. The zero-order chi connectivity index (χ0) is 15.9. The molecule has 0 unspecified atom stereocenters. The first kappa shape index (κ1) is 15.3. The molecule has 1 aliphatic heterocycles. The van der Waals surface area contributed by atoms with Crippen LogP contribution in [0.3, 0.4) is 0 Å². The maximum atomic E-state index is 11.6. The molecule has 1 fully saturated rings. The highest BCUT2D eigenvalue weighted by Gasteiger charge is 2.25. The molecule has 0 radical (unpaired) electrons. The van der Waals surface area contributed by atoms with Gasteiger partial charge in [0.2, 0.25) is 10.0 Å². The second-order valence-corrected chi connectivity index (χ2v) is 8.16. The van der Waals surface area contributed by atoms with Gasteiger partial charge < -0.3 is 4.90 Å². The molecule has 2 aromatic rings.